The molecule has 4 aromatic carbocycles. The van der Waals surface area contributed by atoms with Crippen LogP contribution >= 0.6 is 0 Å². The average molecular weight is 1000 g/mol. The molecule has 4 atom stereocenters. The summed E-state index contributed by atoms with van der Waals surface area (Å²) in [4.78, 5) is 72.4. The molecule has 5 aromatic rings. The molecule has 1 aromatic heterocycles. The molecule has 0 aliphatic carbocycles. The van der Waals surface area contributed by atoms with E-state index in [2.05, 4.69) is 97.2 Å². The maximum Gasteiger partial charge on any atom is 0.329 e. The molecule has 6 aliphatic rings. The first-order chi connectivity index (χ1) is 35.9. The highest BCUT2D eigenvalue weighted by Crippen LogP contribution is 2.33. The van der Waals surface area contributed by atoms with Gasteiger partial charge >= 0.3 is 5.69 Å². The molecule has 6 aliphatic heterocycles. The van der Waals surface area contributed by atoms with Crippen LogP contribution in [0.3, 0.4) is 0 Å². The largest absolute Gasteiger partial charge is 0.382 e. The second kappa shape index (κ2) is 21.4. The van der Waals surface area contributed by atoms with Crippen LogP contribution in [0.1, 0.15) is 110 Å². The number of anilines is 2. The zero-order chi connectivity index (χ0) is 51.0. The van der Waals surface area contributed by atoms with Crippen LogP contribution < -0.4 is 31.9 Å². The number of piperidine rings is 5. The number of nitrogens with one attached hydrogen (secondary N) is 4. The lowest BCUT2D eigenvalue weighted by atomic mass is 9.90. The van der Waals surface area contributed by atoms with E-state index in [-0.39, 0.29) is 41.8 Å². The van der Waals surface area contributed by atoms with Crippen molar-refractivity contribution in [3.8, 4) is 11.8 Å². The summed E-state index contributed by atoms with van der Waals surface area (Å²) in [5.74, 6) is 7.64. The number of fused-ring (bicyclic) bond motifs is 4. The monoisotopic (exact) mass is 1000 g/mol. The molecule has 15 heteroatoms. The smallest absolute Gasteiger partial charge is 0.329 e. The minimum atomic E-state index is -0.714. The quantitative estimate of drug-likeness (QED) is 0.0908. The molecule has 11 rings (SSSR count). The van der Waals surface area contributed by atoms with E-state index in [0.717, 1.165) is 155 Å². The number of ether oxygens (including phenoxy) is 1. The lowest BCUT2D eigenvalue weighted by molar-refractivity contribution is -0.138. The Labute approximate surface area is 433 Å². The van der Waals surface area contributed by atoms with Gasteiger partial charge in [-0.3, -0.25) is 33.6 Å². The standard InChI is InChI=1S/C59H71N9O6/c1-37-8-12-43(61-44-30-45-35-74-36-46(31-44)62-45)32-51(37)56(70)60-38(2)48-14-11-41(49-6-4-5-7-50(48)49)10-9-39-18-24-65(25-19-39)34-40-20-26-67(27-21-40)58(72)42-22-28-66(29-23-42)47-13-15-52-54(33-47)64(3)59(73)68(52)53-16-17-55(69)63-57(53)71/h4-8,11-15,32-33,38-40,42,44-46,53,61-62H,16-31,34-36H2,1-3H3,(H,60,70)(H,63,69,71)/t38-,44?,45?,46?,53?/m1/s1. The van der Waals surface area contributed by atoms with Crippen molar-refractivity contribution < 1.29 is 23.9 Å². The molecule has 0 radical (unpaired) electrons. The first kappa shape index (κ1) is 49.7. The molecule has 2 bridgehead atoms. The van der Waals surface area contributed by atoms with Crippen molar-refractivity contribution in [2.45, 2.75) is 108 Å². The predicted octanol–water partition coefficient (Wildman–Crippen LogP) is 6.42. The van der Waals surface area contributed by atoms with Gasteiger partial charge in [0.25, 0.3) is 5.91 Å². The van der Waals surface area contributed by atoms with E-state index < -0.39 is 11.9 Å². The first-order valence-electron chi connectivity index (χ1n) is 27.3. The highest BCUT2D eigenvalue weighted by atomic mass is 16.5. The van der Waals surface area contributed by atoms with Crippen LogP contribution in [0.4, 0.5) is 11.4 Å². The number of nitrogens with zero attached hydrogens (tertiary/aromatic N) is 5. The van der Waals surface area contributed by atoms with Crippen molar-refractivity contribution in [2.24, 2.45) is 24.8 Å². The van der Waals surface area contributed by atoms with E-state index >= 15 is 0 Å². The minimum Gasteiger partial charge on any atom is -0.382 e. The zero-order valence-corrected chi connectivity index (χ0v) is 43.2. The van der Waals surface area contributed by atoms with E-state index in [4.69, 9.17) is 4.74 Å². The minimum absolute atomic E-state index is 0.0132. The van der Waals surface area contributed by atoms with Crippen LogP contribution in [0, 0.1) is 36.5 Å². The highest BCUT2D eigenvalue weighted by molar-refractivity contribution is 6.00. The molecule has 7 heterocycles. The number of imide groups is 1. The van der Waals surface area contributed by atoms with Crippen molar-refractivity contribution in [2.75, 3.05) is 69.2 Å². The number of carbonyl (C=O) groups is 4. The van der Waals surface area contributed by atoms with Gasteiger partial charge in [0, 0.05) is 98.7 Å². The van der Waals surface area contributed by atoms with Gasteiger partial charge in [-0.15, -0.1) is 0 Å². The van der Waals surface area contributed by atoms with Crippen molar-refractivity contribution in [3.63, 3.8) is 0 Å². The Morgan fingerprint density at radius 3 is 2.30 bits per heavy atom. The maximum absolute atomic E-state index is 13.9. The van der Waals surface area contributed by atoms with Crippen molar-refractivity contribution in [1.29, 1.82) is 0 Å². The maximum atomic E-state index is 13.9. The summed E-state index contributed by atoms with van der Waals surface area (Å²) in [6, 6.07) is 24.9. The number of benzene rings is 4. The Balaban J connectivity index is 0.632. The third kappa shape index (κ3) is 10.5. The molecule has 4 amide bonds. The number of hydrogen-bond acceptors (Lipinski definition) is 10. The molecule has 0 spiro atoms. The molecular weight excluding hydrogens is 931 g/mol. The third-order valence-corrected chi connectivity index (χ3v) is 17.1. The number of rotatable bonds is 10. The molecule has 6 saturated heterocycles. The number of imidazole rings is 1. The van der Waals surface area contributed by atoms with Gasteiger partial charge in [-0.1, -0.05) is 48.2 Å². The van der Waals surface area contributed by atoms with E-state index in [9.17, 15) is 24.0 Å². The zero-order valence-electron chi connectivity index (χ0n) is 43.2. The Morgan fingerprint density at radius 2 is 1.55 bits per heavy atom. The molecule has 74 heavy (non-hydrogen) atoms. The normalized spacial score (nSPS) is 23.8. The number of hydrogen-bond donors (Lipinski definition) is 4. The highest BCUT2D eigenvalue weighted by Gasteiger charge is 2.35. The van der Waals surface area contributed by atoms with Gasteiger partial charge in [-0.25, -0.2) is 4.79 Å². The number of likely N-dealkylation sites (tertiary alicyclic amines) is 2. The first-order valence-corrected chi connectivity index (χ1v) is 27.3. The van der Waals surface area contributed by atoms with Crippen molar-refractivity contribution in [3.05, 3.63) is 106 Å². The van der Waals surface area contributed by atoms with E-state index in [1.807, 2.05) is 37.3 Å². The third-order valence-electron chi connectivity index (χ3n) is 17.1. The van der Waals surface area contributed by atoms with Gasteiger partial charge in [0.15, 0.2) is 0 Å². The summed E-state index contributed by atoms with van der Waals surface area (Å²) < 4.78 is 8.83. The van der Waals surface area contributed by atoms with Gasteiger partial charge in [0.2, 0.25) is 17.7 Å². The van der Waals surface area contributed by atoms with Crippen LogP contribution in [0.15, 0.2) is 77.6 Å². The summed E-state index contributed by atoms with van der Waals surface area (Å²) >= 11 is 0. The van der Waals surface area contributed by atoms with E-state index in [1.165, 1.54) is 4.57 Å². The van der Waals surface area contributed by atoms with Crippen LogP contribution in [0.2, 0.25) is 0 Å². The number of amides is 4. The number of morpholine rings is 1. The summed E-state index contributed by atoms with van der Waals surface area (Å²) in [7, 11) is 1.72. The van der Waals surface area contributed by atoms with Crippen LogP contribution in [0.25, 0.3) is 21.8 Å². The summed E-state index contributed by atoms with van der Waals surface area (Å²) in [6.07, 6.45) is 8.24. The fraction of sp³-hybridized carbons (Fsp3) is 0.508. The molecule has 15 nitrogen and oxygen atoms in total. The molecular formula is C59H71N9O6. The second-order valence-electron chi connectivity index (χ2n) is 22.1. The molecule has 4 N–H and O–H groups in total. The summed E-state index contributed by atoms with van der Waals surface area (Å²) in [5, 5.41) is 15.3. The van der Waals surface area contributed by atoms with Crippen LogP contribution in [0.5, 0.6) is 0 Å². The van der Waals surface area contributed by atoms with Crippen LogP contribution in [-0.2, 0) is 26.2 Å². The van der Waals surface area contributed by atoms with Gasteiger partial charge in [0.1, 0.15) is 6.04 Å². The Hall–Kier alpha value is -6.47. The van der Waals surface area contributed by atoms with Crippen molar-refractivity contribution >= 4 is 56.8 Å². The molecule has 6 fully saturated rings. The summed E-state index contributed by atoms with van der Waals surface area (Å²) in [5.41, 5.74) is 6.85. The van der Waals surface area contributed by atoms with E-state index in [0.29, 0.717) is 47.5 Å². The van der Waals surface area contributed by atoms with E-state index in [1.54, 1.807) is 11.6 Å². The van der Waals surface area contributed by atoms with Crippen LogP contribution in [-0.4, -0.2) is 120 Å². The molecule has 0 saturated carbocycles. The Bertz CT molecular complexity index is 3060. The molecule has 3 unspecified atom stereocenters. The topological polar surface area (TPSA) is 162 Å². The fourth-order valence-corrected chi connectivity index (χ4v) is 12.9. The SMILES string of the molecule is Cc1ccc(NC2CC3COCC(C2)N3)cc1C(=O)N[C@H](C)c1ccc(C#CC2CCN(CC3CCN(C(=O)C4CCN(c5ccc6c(c5)n(C)c(=O)n6C5CCC(=O)NC5=O)CC4)CC3)CC2)c2ccccc12. The average Bonchev–Trinajstić information content (AvgIpc) is 3.66. The number of aromatic nitrogens is 2. The predicted molar refractivity (Wildman–Crippen MR) is 288 cm³/mol. The number of aryl methyl sites for hydroxylation is 2. The second-order valence-corrected chi connectivity index (χ2v) is 22.1. The van der Waals surface area contributed by atoms with Gasteiger partial charge < -0.3 is 35.4 Å². The molecule has 388 valence electrons. The van der Waals surface area contributed by atoms with Crippen molar-refractivity contribution in [1.82, 2.24) is 34.9 Å². The van der Waals surface area contributed by atoms with Gasteiger partial charge in [-0.05, 0) is 149 Å². The summed E-state index contributed by atoms with van der Waals surface area (Å²) in [6.45, 7) is 11.9. The van der Waals surface area contributed by atoms with Gasteiger partial charge in [-0.2, -0.15) is 0 Å². The lowest BCUT2D eigenvalue weighted by Crippen LogP contribution is -2.56. The lowest BCUT2D eigenvalue weighted by Gasteiger charge is -2.40. The fourth-order valence-electron chi connectivity index (χ4n) is 12.9. The van der Waals surface area contributed by atoms with Gasteiger partial charge in [0.05, 0.1) is 30.3 Å². The number of carbonyl (C=O) groups excluding carboxylic acids is 4. The Kier molecular flexibility index (Phi) is 14.4. The Morgan fingerprint density at radius 1 is 0.811 bits per heavy atom.